The Hall–Kier alpha value is -1.97. The molecular formula is C22H20ClNOS. The first-order valence-electron chi connectivity index (χ1n) is 8.89. The van der Waals surface area contributed by atoms with Gasteiger partial charge in [-0.1, -0.05) is 60.1 Å². The van der Waals surface area contributed by atoms with Crippen LogP contribution in [0.2, 0.25) is 5.02 Å². The highest BCUT2D eigenvalue weighted by atomic mass is 35.5. The van der Waals surface area contributed by atoms with E-state index in [1.54, 1.807) is 11.8 Å². The van der Waals surface area contributed by atoms with Crippen LogP contribution in [0.4, 0.5) is 0 Å². The molecule has 26 heavy (non-hydrogen) atoms. The number of carbonyl (C=O) groups excluding carboxylic acids is 1. The number of aryl methyl sites for hydroxylation is 1. The minimum Gasteiger partial charge on any atom is -0.349 e. The molecule has 0 spiro atoms. The lowest BCUT2D eigenvalue weighted by Gasteiger charge is -2.26. The maximum Gasteiger partial charge on any atom is 0.230 e. The van der Waals surface area contributed by atoms with Gasteiger partial charge in [-0.2, -0.15) is 0 Å². The van der Waals surface area contributed by atoms with Crippen LogP contribution in [0.3, 0.4) is 0 Å². The van der Waals surface area contributed by atoms with Crippen molar-refractivity contribution in [3.63, 3.8) is 0 Å². The first-order chi connectivity index (χ1) is 12.7. The maximum absolute atomic E-state index is 12.6. The molecule has 1 amide bonds. The van der Waals surface area contributed by atoms with Crippen molar-refractivity contribution in [1.29, 1.82) is 0 Å². The zero-order chi connectivity index (χ0) is 17.9. The molecule has 0 aromatic heterocycles. The summed E-state index contributed by atoms with van der Waals surface area (Å²) in [5.41, 5.74) is 2.63. The number of hydrogen-bond donors (Lipinski definition) is 1. The number of benzene rings is 3. The second-order valence-corrected chi connectivity index (χ2v) is 8.02. The van der Waals surface area contributed by atoms with Crippen molar-refractivity contribution in [2.45, 2.75) is 30.2 Å². The number of thioether (sulfide) groups is 1. The number of nitrogens with one attached hydrogen (secondary N) is 1. The number of carbonyl (C=O) groups is 1. The Labute approximate surface area is 162 Å². The molecule has 0 fully saturated rings. The highest BCUT2D eigenvalue weighted by Crippen LogP contribution is 2.34. The summed E-state index contributed by atoms with van der Waals surface area (Å²) in [7, 11) is 0. The van der Waals surface area contributed by atoms with Crippen LogP contribution < -0.4 is 5.32 Å². The van der Waals surface area contributed by atoms with Gasteiger partial charge in [0.2, 0.25) is 5.91 Å². The van der Waals surface area contributed by atoms with Crippen LogP contribution in [0.25, 0.3) is 10.8 Å². The molecule has 0 radical (unpaired) electrons. The van der Waals surface area contributed by atoms with Crippen LogP contribution >= 0.6 is 23.4 Å². The number of halogens is 1. The van der Waals surface area contributed by atoms with E-state index in [2.05, 4.69) is 29.6 Å². The molecule has 3 aromatic rings. The molecular weight excluding hydrogens is 362 g/mol. The second-order valence-electron chi connectivity index (χ2n) is 6.59. The second kappa shape index (κ2) is 7.73. The van der Waals surface area contributed by atoms with Gasteiger partial charge in [-0.05, 0) is 47.9 Å². The fourth-order valence-electron chi connectivity index (χ4n) is 3.67. The molecule has 132 valence electrons. The first kappa shape index (κ1) is 17.4. The average molecular weight is 382 g/mol. The minimum absolute atomic E-state index is 0.0701. The van der Waals surface area contributed by atoms with Gasteiger partial charge in [0.05, 0.1) is 11.8 Å². The van der Waals surface area contributed by atoms with Crippen molar-refractivity contribution in [2.24, 2.45) is 0 Å². The highest BCUT2D eigenvalue weighted by molar-refractivity contribution is 8.00. The van der Waals surface area contributed by atoms with Crippen molar-refractivity contribution in [3.05, 3.63) is 76.8 Å². The van der Waals surface area contributed by atoms with Gasteiger partial charge in [0.1, 0.15) is 0 Å². The van der Waals surface area contributed by atoms with Crippen LogP contribution in [-0.2, 0) is 11.2 Å². The van der Waals surface area contributed by atoms with E-state index in [4.69, 9.17) is 11.6 Å². The van der Waals surface area contributed by atoms with Crippen LogP contribution in [0.1, 0.15) is 30.0 Å². The molecule has 0 saturated heterocycles. The molecule has 4 rings (SSSR count). The Morgan fingerprint density at radius 2 is 1.88 bits per heavy atom. The van der Waals surface area contributed by atoms with Gasteiger partial charge >= 0.3 is 0 Å². The Bertz CT molecular complexity index is 951. The Morgan fingerprint density at radius 3 is 2.77 bits per heavy atom. The normalized spacial score (nSPS) is 16.3. The van der Waals surface area contributed by atoms with Gasteiger partial charge in [-0.25, -0.2) is 0 Å². The minimum atomic E-state index is 0.0701. The van der Waals surface area contributed by atoms with Gasteiger partial charge in [0.15, 0.2) is 0 Å². The molecule has 0 unspecified atom stereocenters. The van der Waals surface area contributed by atoms with Gasteiger partial charge in [-0.15, -0.1) is 11.8 Å². The fourth-order valence-corrected chi connectivity index (χ4v) is 4.92. The highest BCUT2D eigenvalue weighted by Gasteiger charge is 2.21. The molecule has 1 aliphatic rings. The van der Waals surface area contributed by atoms with E-state index in [1.165, 1.54) is 11.1 Å². The Balaban J connectivity index is 1.46. The van der Waals surface area contributed by atoms with E-state index in [0.29, 0.717) is 5.75 Å². The molecule has 1 atom stereocenters. The lowest BCUT2D eigenvalue weighted by atomic mass is 9.88. The van der Waals surface area contributed by atoms with E-state index in [1.807, 2.05) is 36.4 Å². The van der Waals surface area contributed by atoms with E-state index >= 15 is 0 Å². The first-order valence-corrected chi connectivity index (χ1v) is 10.3. The smallest absolute Gasteiger partial charge is 0.230 e. The number of rotatable bonds is 4. The van der Waals surface area contributed by atoms with Crippen LogP contribution in [0.15, 0.2) is 65.6 Å². The fraction of sp³-hybridized carbons (Fsp3) is 0.227. The summed E-state index contributed by atoms with van der Waals surface area (Å²) in [5.74, 6) is 0.462. The number of amides is 1. The standard InChI is InChI=1S/C22H20ClNOS/c23-18-11-3-8-16-9-5-13-20(22(16)18)26-14-21(25)24-19-12-4-7-15-6-1-2-10-17(15)19/h1-3,5-6,8-11,13,19H,4,7,12,14H2,(H,24,25)/t19-/m0/s1. The SMILES string of the molecule is O=C(CSc1cccc2cccc(Cl)c12)N[C@H]1CCCc2ccccc21. The van der Waals surface area contributed by atoms with Gasteiger partial charge in [0, 0.05) is 15.3 Å². The van der Waals surface area contributed by atoms with Crippen LogP contribution in [0.5, 0.6) is 0 Å². The molecule has 3 aromatic carbocycles. The zero-order valence-corrected chi connectivity index (χ0v) is 15.9. The van der Waals surface area contributed by atoms with E-state index in [9.17, 15) is 4.79 Å². The van der Waals surface area contributed by atoms with Gasteiger partial charge < -0.3 is 5.32 Å². The lowest BCUT2D eigenvalue weighted by molar-refractivity contribution is -0.119. The van der Waals surface area contributed by atoms with Crippen molar-refractivity contribution in [2.75, 3.05) is 5.75 Å². The van der Waals surface area contributed by atoms with Gasteiger partial charge in [0.25, 0.3) is 0 Å². The molecule has 0 bridgehead atoms. The third-order valence-corrected chi connectivity index (χ3v) is 6.25. The summed E-state index contributed by atoms with van der Waals surface area (Å²) in [6.07, 6.45) is 3.23. The summed E-state index contributed by atoms with van der Waals surface area (Å²) < 4.78 is 0. The summed E-state index contributed by atoms with van der Waals surface area (Å²) in [6, 6.07) is 20.5. The van der Waals surface area contributed by atoms with Crippen LogP contribution in [-0.4, -0.2) is 11.7 Å². The molecule has 1 aliphatic carbocycles. The quantitative estimate of drug-likeness (QED) is 0.580. The van der Waals surface area contributed by atoms with Gasteiger partial charge in [-0.3, -0.25) is 4.79 Å². The predicted molar refractivity (Wildman–Crippen MR) is 110 cm³/mol. The van der Waals surface area contributed by atoms with Crippen molar-refractivity contribution >= 4 is 40.0 Å². The van der Waals surface area contributed by atoms with Crippen molar-refractivity contribution < 1.29 is 4.79 Å². The molecule has 0 saturated carbocycles. The summed E-state index contributed by atoms with van der Waals surface area (Å²) in [6.45, 7) is 0. The topological polar surface area (TPSA) is 29.1 Å². The number of fused-ring (bicyclic) bond motifs is 2. The molecule has 1 N–H and O–H groups in total. The number of hydrogen-bond acceptors (Lipinski definition) is 2. The Kier molecular flexibility index (Phi) is 5.18. The van der Waals surface area contributed by atoms with Crippen LogP contribution in [0, 0.1) is 0 Å². The molecule has 2 nitrogen and oxygen atoms in total. The third-order valence-electron chi connectivity index (χ3n) is 4.88. The average Bonchev–Trinajstić information content (AvgIpc) is 2.67. The molecule has 0 aliphatic heterocycles. The summed E-state index contributed by atoms with van der Waals surface area (Å²) >= 11 is 7.92. The zero-order valence-electron chi connectivity index (χ0n) is 14.4. The lowest BCUT2D eigenvalue weighted by Crippen LogP contribution is -2.32. The van der Waals surface area contributed by atoms with E-state index < -0.39 is 0 Å². The maximum atomic E-state index is 12.6. The summed E-state index contributed by atoms with van der Waals surface area (Å²) in [5, 5.41) is 6.07. The Morgan fingerprint density at radius 1 is 1.08 bits per heavy atom. The largest absolute Gasteiger partial charge is 0.349 e. The third kappa shape index (κ3) is 3.60. The monoisotopic (exact) mass is 381 g/mol. The van der Waals surface area contributed by atoms with Crippen molar-refractivity contribution in [1.82, 2.24) is 5.32 Å². The molecule has 4 heteroatoms. The molecule has 0 heterocycles. The predicted octanol–water partition coefficient (Wildman–Crippen LogP) is 5.78. The van der Waals surface area contributed by atoms with E-state index in [-0.39, 0.29) is 11.9 Å². The van der Waals surface area contributed by atoms with Crippen molar-refractivity contribution in [3.8, 4) is 0 Å². The summed E-state index contributed by atoms with van der Waals surface area (Å²) in [4.78, 5) is 13.6. The van der Waals surface area contributed by atoms with E-state index in [0.717, 1.165) is 40.0 Å².